The first-order valence-corrected chi connectivity index (χ1v) is 7.55. The largest absolute Gasteiger partial charge is 0.486 e. The van der Waals surface area contributed by atoms with Crippen LogP contribution in [0.1, 0.15) is 12.5 Å². The highest BCUT2D eigenvalue weighted by atomic mass is 79.9. The van der Waals surface area contributed by atoms with Gasteiger partial charge in [0.25, 0.3) is 0 Å². The number of ether oxygens (including phenoxy) is 2. The molecule has 0 spiro atoms. The highest BCUT2D eigenvalue weighted by Crippen LogP contribution is 2.36. The first kappa shape index (κ1) is 13.2. The van der Waals surface area contributed by atoms with Crippen molar-refractivity contribution in [2.45, 2.75) is 19.5 Å². The number of piperazine rings is 1. The second-order valence-corrected chi connectivity index (χ2v) is 6.03. The molecule has 4 nitrogen and oxygen atoms in total. The Balaban J connectivity index is 1.76. The third kappa shape index (κ3) is 3.04. The lowest BCUT2D eigenvalue weighted by Crippen LogP contribution is -2.48. The van der Waals surface area contributed by atoms with Crippen molar-refractivity contribution in [3.05, 3.63) is 22.2 Å². The third-order valence-electron chi connectivity index (χ3n) is 3.56. The van der Waals surface area contributed by atoms with Crippen molar-refractivity contribution in [3.63, 3.8) is 0 Å². The Morgan fingerprint density at radius 1 is 1.32 bits per heavy atom. The van der Waals surface area contributed by atoms with Crippen LogP contribution in [0.5, 0.6) is 11.5 Å². The van der Waals surface area contributed by atoms with Crippen molar-refractivity contribution in [2.24, 2.45) is 0 Å². The molecule has 0 bridgehead atoms. The van der Waals surface area contributed by atoms with E-state index in [9.17, 15) is 0 Å². The molecule has 1 saturated heterocycles. The molecule has 1 aromatic rings. The number of rotatable bonds is 2. The minimum Gasteiger partial charge on any atom is -0.486 e. The van der Waals surface area contributed by atoms with Gasteiger partial charge in [0, 0.05) is 36.7 Å². The van der Waals surface area contributed by atoms with Gasteiger partial charge in [-0.3, -0.25) is 4.90 Å². The molecule has 0 saturated carbocycles. The monoisotopic (exact) mass is 326 g/mol. The normalized spacial score (nSPS) is 23.4. The van der Waals surface area contributed by atoms with Crippen LogP contribution in [0.25, 0.3) is 0 Å². The van der Waals surface area contributed by atoms with Gasteiger partial charge in [0.05, 0.1) is 0 Å². The van der Waals surface area contributed by atoms with Gasteiger partial charge in [-0.15, -0.1) is 0 Å². The smallest absolute Gasteiger partial charge is 0.162 e. The molecule has 0 unspecified atom stereocenters. The number of fused-ring (bicyclic) bond motifs is 1. The zero-order valence-corrected chi connectivity index (χ0v) is 12.7. The molecular weight excluding hydrogens is 308 g/mol. The van der Waals surface area contributed by atoms with E-state index in [1.165, 1.54) is 5.56 Å². The average molecular weight is 327 g/mol. The molecule has 3 rings (SSSR count). The molecule has 0 aliphatic carbocycles. The van der Waals surface area contributed by atoms with E-state index in [4.69, 9.17) is 9.47 Å². The summed E-state index contributed by atoms with van der Waals surface area (Å²) in [4.78, 5) is 2.47. The second kappa shape index (κ2) is 5.69. The lowest BCUT2D eigenvalue weighted by atomic mass is 10.1. The quantitative estimate of drug-likeness (QED) is 0.901. The number of benzene rings is 1. The summed E-state index contributed by atoms with van der Waals surface area (Å²) in [5.41, 5.74) is 1.26. The summed E-state index contributed by atoms with van der Waals surface area (Å²) in [5.74, 6) is 1.71. The van der Waals surface area contributed by atoms with E-state index in [-0.39, 0.29) is 0 Å². The van der Waals surface area contributed by atoms with Crippen molar-refractivity contribution in [1.29, 1.82) is 0 Å². The van der Waals surface area contributed by atoms with E-state index < -0.39 is 0 Å². The fraction of sp³-hybridized carbons (Fsp3) is 0.571. The van der Waals surface area contributed by atoms with Gasteiger partial charge in [-0.05, 0) is 24.6 Å². The summed E-state index contributed by atoms with van der Waals surface area (Å²) in [6.07, 6.45) is 0. The molecule has 1 aromatic carbocycles. The zero-order valence-electron chi connectivity index (χ0n) is 11.1. The van der Waals surface area contributed by atoms with E-state index in [1.54, 1.807) is 0 Å². The summed E-state index contributed by atoms with van der Waals surface area (Å²) in [6.45, 7) is 7.68. The van der Waals surface area contributed by atoms with Crippen LogP contribution in [-0.2, 0) is 6.54 Å². The Morgan fingerprint density at radius 2 is 2.05 bits per heavy atom. The molecular formula is C14H19BrN2O2. The summed E-state index contributed by atoms with van der Waals surface area (Å²) in [7, 11) is 0. The van der Waals surface area contributed by atoms with E-state index in [2.05, 4.69) is 39.1 Å². The molecule has 104 valence electrons. The molecule has 2 aliphatic rings. The van der Waals surface area contributed by atoms with Gasteiger partial charge in [-0.1, -0.05) is 15.9 Å². The molecule has 0 radical (unpaired) electrons. The average Bonchev–Trinajstić information content (AvgIpc) is 2.40. The van der Waals surface area contributed by atoms with Gasteiger partial charge < -0.3 is 14.8 Å². The predicted molar refractivity (Wildman–Crippen MR) is 77.9 cm³/mol. The van der Waals surface area contributed by atoms with Crippen LogP contribution in [0.15, 0.2) is 16.6 Å². The van der Waals surface area contributed by atoms with Gasteiger partial charge >= 0.3 is 0 Å². The SMILES string of the molecule is C[C@@H]1CN(Cc2cc3c(cc2Br)OCCO3)CCN1. The van der Waals surface area contributed by atoms with Crippen LogP contribution < -0.4 is 14.8 Å². The minimum atomic E-state index is 0.560. The van der Waals surface area contributed by atoms with Crippen LogP contribution in [0.2, 0.25) is 0 Å². The topological polar surface area (TPSA) is 33.7 Å². The van der Waals surface area contributed by atoms with Gasteiger partial charge in [-0.25, -0.2) is 0 Å². The molecule has 2 heterocycles. The standard InChI is InChI=1S/C14H19BrN2O2/c1-10-8-17(3-2-16-10)9-11-6-13-14(7-12(11)15)19-5-4-18-13/h6-7,10,16H,2-5,8-9H2,1H3/t10-/m1/s1. The highest BCUT2D eigenvalue weighted by molar-refractivity contribution is 9.10. The van der Waals surface area contributed by atoms with Crippen LogP contribution in [0, 0.1) is 0 Å². The maximum atomic E-state index is 5.65. The zero-order chi connectivity index (χ0) is 13.2. The Bertz CT molecular complexity index is 467. The van der Waals surface area contributed by atoms with Crippen molar-refractivity contribution in [1.82, 2.24) is 10.2 Å². The predicted octanol–water partition coefficient (Wildman–Crippen LogP) is 2.01. The second-order valence-electron chi connectivity index (χ2n) is 5.18. The number of hydrogen-bond donors (Lipinski definition) is 1. The number of halogens is 1. The molecule has 1 fully saturated rings. The number of nitrogens with zero attached hydrogens (tertiary/aromatic N) is 1. The van der Waals surface area contributed by atoms with E-state index in [0.717, 1.165) is 42.2 Å². The Morgan fingerprint density at radius 3 is 2.79 bits per heavy atom. The van der Waals surface area contributed by atoms with E-state index in [1.807, 2.05) is 6.07 Å². The third-order valence-corrected chi connectivity index (χ3v) is 4.30. The molecule has 1 N–H and O–H groups in total. The minimum absolute atomic E-state index is 0.560. The molecule has 19 heavy (non-hydrogen) atoms. The van der Waals surface area contributed by atoms with Gasteiger partial charge in [0.2, 0.25) is 0 Å². The Hall–Kier alpha value is -0.780. The highest BCUT2D eigenvalue weighted by Gasteiger charge is 2.19. The van der Waals surface area contributed by atoms with E-state index >= 15 is 0 Å². The number of hydrogen-bond acceptors (Lipinski definition) is 4. The number of nitrogens with one attached hydrogen (secondary N) is 1. The summed E-state index contributed by atoms with van der Waals surface area (Å²) < 4.78 is 12.3. The molecule has 0 amide bonds. The van der Waals surface area contributed by atoms with Crippen LogP contribution in [0.3, 0.4) is 0 Å². The van der Waals surface area contributed by atoms with Crippen LogP contribution in [0.4, 0.5) is 0 Å². The lowest BCUT2D eigenvalue weighted by molar-refractivity contribution is 0.170. The van der Waals surface area contributed by atoms with Gasteiger partial charge in [0.1, 0.15) is 13.2 Å². The fourth-order valence-corrected chi connectivity index (χ4v) is 3.07. The molecule has 2 aliphatic heterocycles. The van der Waals surface area contributed by atoms with E-state index in [0.29, 0.717) is 19.3 Å². The Labute approximate surface area is 122 Å². The molecule has 1 atom stereocenters. The summed E-state index contributed by atoms with van der Waals surface area (Å²) in [6, 6.07) is 4.69. The van der Waals surface area contributed by atoms with Crippen molar-refractivity contribution in [2.75, 3.05) is 32.8 Å². The lowest BCUT2D eigenvalue weighted by Gasteiger charge is -2.32. The van der Waals surface area contributed by atoms with Crippen molar-refractivity contribution >= 4 is 15.9 Å². The summed E-state index contributed by atoms with van der Waals surface area (Å²) in [5, 5.41) is 3.46. The maximum Gasteiger partial charge on any atom is 0.162 e. The van der Waals surface area contributed by atoms with Crippen molar-refractivity contribution in [3.8, 4) is 11.5 Å². The van der Waals surface area contributed by atoms with Crippen LogP contribution >= 0.6 is 15.9 Å². The van der Waals surface area contributed by atoms with Gasteiger partial charge in [-0.2, -0.15) is 0 Å². The fourth-order valence-electron chi connectivity index (χ4n) is 2.62. The van der Waals surface area contributed by atoms with Crippen molar-refractivity contribution < 1.29 is 9.47 Å². The summed E-state index contributed by atoms with van der Waals surface area (Å²) >= 11 is 3.64. The first-order valence-electron chi connectivity index (χ1n) is 6.76. The Kier molecular flexibility index (Phi) is 3.96. The first-order chi connectivity index (χ1) is 9.22. The maximum absolute atomic E-state index is 5.65. The molecule has 5 heteroatoms. The van der Waals surface area contributed by atoms with Gasteiger partial charge in [0.15, 0.2) is 11.5 Å². The molecule has 0 aromatic heterocycles. The van der Waals surface area contributed by atoms with Crippen LogP contribution in [-0.4, -0.2) is 43.8 Å².